The van der Waals surface area contributed by atoms with Crippen molar-refractivity contribution in [1.29, 1.82) is 0 Å². The zero-order chi connectivity index (χ0) is 19.8. The first kappa shape index (κ1) is 18.4. The van der Waals surface area contributed by atoms with Crippen LogP contribution in [0.5, 0.6) is 0 Å². The van der Waals surface area contributed by atoms with Gasteiger partial charge in [-0.3, -0.25) is 19.2 Å². The lowest BCUT2D eigenvalue weighted by Gasteiger charge is -2.23. The molecule has 2 aromatic rings. The number of aryl methyl sites for hydroxylation is 1. The molecule has 2 fully saturated rings. The zero-order valence-corrected chi connectivity index (χ0v) is 16.0. The van der Waals surface area contributed by atoms with Crippen molar-refractivity contribution in [2.45, 2.75) is 12.5 Å². The maximum atomic E-state index is 13.2. The topological polar surface area (TPSA) is 88.0 Å². The Bertz CT molecular complexity index is 940. The highest BCUT2D eigenvalue weighted by Crippen LogP contribution is 2.24. The Balaban J connectivity index is 1.59. The number of aromatic nitrogens is 2. The average molecular weight is 385 g/mol. The average Bonchev–Trinajstić information content (AvgIpc) is 3.02. The minimum absolute atomic E-state index is 0.178. The fourth-order valence-electron chi connectivity index (χ4n) is 3.95. The molecule has 9 heteroatoms. The zero-order valence-electron chi connectivity index (χ0n) is 16.0. The number of ether oxygens (including phenoxy) is 1. The summed E-state index contributed by atoms with van der Waals surface area (Å²) < 4.78 is 6.68. The fraction of sp³-hybridized carbons (Fsp3) is 0.474. The molecule has 4 rings (SSSR count). The largest absolute Gasteiger partial charge is 0.383 e. The Morgan fingerprint density at radius 3 is 2.82 bits per heavy atom. The van der Waals surface area contributed by atoms with Gasteiger partial charge in [0, 0.05) is 32.6 Å². The van der Waals surface area contributed by atoms with Gasteiger partial charge in [-0.1, -0.05) is 18.2 Å². The number of nitrogens with zero attached hydrogens (tertiary/aromatic N) is 5. The maximum Gasteiger partial charge on any atom is 0.327 e. The van der Waals surface area contributed by atoms with E-state index in [9.17, 15) is 14.4 Å². The quantitative estimate of drug-likeness (QED) is 0.723. The molecule has 0 radical (unpaired) electrons. The van der Waals surface area contributed by atoms with Crippen molar-refractivity contribution in [2.24, 2.45) is 7.05 Å². The van der Waals surface area contributed by atoms with Gasteiger partial charge in [-0.2, -0.15) is 5.10 Å². The van der Waals surface area contributed by atoms with Crippen molar-refractivity contribution in [3.63, 3.8) is 0 Å². The van der Waals surface area contributed by atoms with Crippen LogP contribution in [0.2, 0.25) is 0 Å². The van der Waals surface area contributed by atoms with E-state index in [1.807, 2.05) is 24.3 Å². The molecule has 4 amide bonds. The van der Waals surface area contributed by atoms with E-state index in [4.69, 9.17) is 4.74 Å². The van der Waals surface area contributed by atoms with Crippen LogP contribution in [0.1, 0.15) is 16.9 Å². The van der Waals surface area contributed by atoms with Crippen molar-refractivity contribution >= 4 is 28.7 Å². The summed E-state index contributed by atoms with van der Waals surface area (Å²) in [5.41, 5.74) is 1.25. The summed E-state index contributed by atoms with van der Waals surface area (Å²) >= 11 is 0. The number of methoxy groups -OCH3 is 1. The van der Waals surface area contributed by atoms with Crippen molar-refractivity contribution in [1.82, 2.24) is 24.5 Å². The molecule has 9 nitrogen and oxygen atoms in total. The Kier molecular flexibility index (Phi) is 4.76. The summed E-state index contributed by atoms with van der Waals surface area (Å²) in [7, 11) is 3.33. The molecule has 3 heterocycles. The van der Waals surface area contributed by atoms with Crippen molar-refractivity contribution in [3.8, 4) is 0 Å². The number of hydrogen-bond acceptors (Lipinski definition) is 5. The number of hydrogen-bond donors (Lipinski definition) is 0. The van der Waals surface area contributed by atoms with Gasteiger partial charge in [0.1, 0.15) is 6.04 Å². The van der Waals surface area contributed by atoms with Crippen LogP contribution in [0.4, 0.5) is 4.79 Å². The van der Waals surface area contributed by atoms with E-state index in [1.54, 1.807) is 21.5 Å². The van der Waals surface area contributed by atoms with E-state index < -0.39 is 6.04 Å². The summed E-state index contributed by atoms with van der Waals surface area (Å²) in [5.74, 6) is -0.484. The normalized spacial score (nSPS) is 20.1. The van der Waals surface area contributed by atoms with Crippen LogP contribution in [0.25, 0.3) is 10.9 Å². The third-order valence-electron chi connectivity index (χ3n) is 5.39. The number of benzene rings is 1. The van der Waals surface area contributed by atoms with Crippen LogP contribution in [0.3, 0.4) is 0 Å². The first-order valence-electron chi connectivity index (χ1n) is 9.35. The minimum atomic E-state index is -0.647. The molecule has 1 atom stereocenters. The van der Waals surface area contributed by atoms with Crippen molar-refractivity contribution in [2.75, 3.05) is 39.9 Å². The smallest absolute Gasteiger partial charge is 0.327 e. The standard InChI is InChI=1S/C19H23N5O4/c1-21-14-7-4-3-6-13(14)16(20-21)18(26)22-8-5-9-23-15(12-22)17(25)24(19(23)27)10-11-28-2/h3-4,6-7,15H,5,8-12H2,1-2H3. The van der Waals surface area contributed by atoms with Gasteiger partial charge in [0.2, 0.25) is 0 Å². The first-order valence-corrected chi connectivity index (χ1v) is 9.35. The van der Waals surface area contributed by atoms with E-state index in [0.717, 1.165) is 10.9 Å². The molecule has 2 aliphatic rings. The Labute approximate surface area is 162 Å². The van der Waals surface area contributed by atoms with Crippen molar-refractivity contribution in [3.05, 3.63) is 30.0 Å². The molecular weight excluding hydrogens is 362 g/mol. The van der Waals surface area contributed by atoms with E-state index in [1.165, 1.54) is 12.0 Å². The van der Waals surface area contributed by atoms with Gasteiger partial charge in [-0.25, -0.2) is 4.79 Å². The number of carbonyl (C=O) groups is 3. The van der Waals surface area contributed by atoms with Crippen LogP contribution in [-0.2, 0) is 16.6 Å². The molecule has 0 saturated carbocycles. The van der Waals surface area contributed by atoms with Crippen LogP contribution < -0.4 is 0 Å². The van der Waals surface area contributed by atoms with E-state index in [2.05, 4.69) is 5.10 Å². The molecular formula is C19H23N5O4. The van der Waals surface area contributed by atoms with Gasteiger partial charge in [-0.15, -0.1) is 0 Å². The van der Waals surface area contributed by atoms with Gasteiger partial charge in [0.15, 0.2) is 5.69 Å². The number of para-hydroxylation sites is 1. The summed E-state index contributed by atoms with van der Waals surface area (Å²) in [6, 6.07) is 6.61. The predicted octanol–water partition coefficient (Wildman–Crippen LogP) is 0.698. The van der Waals surface area contributed by atoms with Crippen LogP contribution in [0.15, 0.2) is 24.3 Å². The predicted molar refractivity (Wildman–Crippen MR) is 101 cm³/mol. The van der Waals surface area contributed by atoms with E-state index in [0.29, 0.717) is 31.8 Å². The SMILES string of the molecule is COCCN1C(=O)C2CN(C(=O)c3nn(C)c4ccccc34)CCCN2C1=O. The van der Waals surface area contributed by atoms with Gasteiger partial charge in [0.25, 0.3) is 11.8 Å². The highest BCUT2D eigenvalue weighted by molar-refractivity contribution is 6.07. The molecule has 148 valence electrons. The van der Waals surface area contributed by atoms with Crippen molar-refractivity contribution < 1.29 is 19.1 Å². The molecule has 1 unspecified atom stereocenters. The van der Waals surface area contributed by atoms with E-state index >= 15 is 0 Å². The molecule has 0 aliphatic carbocycles. The lowest BCUT2D eigenvalue weighted by Crippen LogP contribution is -2.44. The van der Waals surface area contributed by atoms with E-state index in [-0.39, 0.29) is 30.9 Å². The first-order chi connectivity index (χ1) is 13.5. The number of rotatable bonds is 4. The lowest BCUT2D eigenvalue weighted by atomic mass is 10.2. The Hall–Kier alpha value is -2.94. The van der Waals surface area contributed by atoms with Gasteiger partial charge in [0.05, 0.1) is 25.2 Å². The lowest BCUT2D eigenvalue weighted by molar-refractivity contribution is -0.128. The van der Waals surface area contributed by atoms with Gasteiger partial charge in [-0.05, 0) is 12.5 Å². The van der Waals surface area contributed by atoms with Crippen LogP contribution >= 0.6 is 0 Å². The summed E-state index contributed by atoms with van der Waals surface area (Å²) in [6.45, 7) is 1.62. The summed E-state index contributed by atoms with van der Waals surface area (Å²) in [6.07, 6.45) is 0.615. The number of amides is 4. The second kappa shape index (κ2) is 7.23. The fourth-order valence-corrected chi connectivity index (χ4v) is 3.95. The number of urea groups is 1. The number of carbonyl (C=O) groups excluding carboxylic acids is 3. The molecule has 0 spiro atoms. The Morgan fingerprint density at radius 2 is 2.04 bits per heavy atom. The summed E-state index contributed by atoms with van der Waals surface area (Å²) in [4.78, 5) is 43.0. The number of fused-ring (bicyclic) bond motifs is 2. The molecule has 1 aromatic heterocycles. The number of imide groups is 1. The monoisotopic (exact) mass is 385 g/mol. The maximum absolute atomic E-state index is 13.2. The summed E-state index contributed by atoms with van der Waals surface area (Å²) in [5, 5.41) is 5.19. The molecule has 2 aliphatic heterocycles. The third kappa shape index (κ3) is 2.91. The highest BCUT2D eigenvalue weighted by atomic mass is 16.5. The van der Waals surface area contributed by atoms with Gasteiger partial charge < -0.3 is 14.5 Å². The highest BCUT2D eigenvalue weighted by Gasteiger charge is 2.47. The molecule has 2 saturated heterocycles. The minimum Gasteiger partial charge on any atom is -0.383 e. The molecule has 1 aromatic carbocycles. The molecule has 0 bridgehead atoms. The third-order valence-corrected chi connectivity index (χ3v) is 5.39. The molecule has 0 N–H and O–H groups in total. The van der Waals surface area contributed by atoms with Crippen LogP contribution in [-0.4, -0.2) is 88.3 Å². The second-order valence-electron chi connectivity index (χ2n) is 7.07. The Morgan fingerprint density at radius 1 is 1.25 bits per heavy atom. The molecule has 28 heavy (non-hydrogen) atoms. The second-order valence-corrected chi connectivity index (χ2v) is 7.07. The van der Waals surface area contributed by atoms with Crippen LogP contribution in [0, 0.1) is 0 Å². The van der Waals surface area contributed by atoms with Gasteiger partial charge >= 0.3 is 6.03 Å².